The molecular weight excluding hydrogens is 382 g/mol. The molecule has 0 aliphatic carbocycles. The van der Waals surface area contributed by atoms with E-state index in [1.165, 1.54) is 6.92 Å². The number of anilines is 2. The summed E-state index contributed by atoms with van der Waals surface area (Å²) in [5.74, 6) is 1.55. The Labute approximate surface area is 167 Å². The first-order valence-electron chi connectivity index (χ1n) is 9.13. The van der Waals surface area contributed by atoms with Crippen molar-refractivity contribution in [3.05, 3.63) is 41.0 Å². The molecule has 28 heavy (non-hydrogen) atoms. The Kier molecular flexibility index (Phi) is 5.09. The average Bonchev–Trinajstić information content (AvgIpc) is 3.15. The van der Waals surface area contributed by atoms with Gasteiger partial charge in [-0.15, -0.1) is 0 Å². The molecule has 2 aromatic rings. The summed E-state index contributed by atoms with van der Waals surface area (Å²) in [6.07, 6.45) is 3.03. The van der Waals surface area contributed by atoms with Crippen molar-refractivity contribution in [3.8, 4) is 11.5 Å². The van der Waals surface area contributed by atoms with E-state index in [-0.39, 0.29) is 24.4 Å². The van der Waals surface area contributed by atoms with E-state index in [4.69, 9.17) is 21.1 Å². The minimum absolute atomic E-state index is 0.0925. The van der Waals surface area contributed by atoms with Gasteiger partial charge in [0.1, 0.15) is 5.82 Å². The summed E-state index contributed by atoms with van der Waals surface area (Å²) < 4.78 is 10.7. The van der Waals surface area contributed by atoms with Gasteiger partial charge in [0.25, 0.3) is 0 Å². The normalized spacial score (nSPS) is 16.1. The number of nitrogens with one attached hydrogen (secondary N) is 1. The molecule has 2 aliphatic rings. The molecule has 0 unspecified atom stereocenters. The molecule has 8 heteroatoms. The van der Waals surface area contributed by atoms with E-state index in [1.54, 1.807) is 18.3 Å². The molecule has 1 fully saturated rings. The zero-order chi connectivity index (χ0) is 19.7. The van der Waals surface area contributed by atoms with Crippen LogP contribution in [0.5, 0.6) is 11.5 Å². The molecule has 0 spiro atoms. The van der Waals surface area contributed by atoms with Crippen molar-refractivity contribution in [2.75, 3.05) is 30.1 Å². The molecule has 1 amide bonds. The van der Waals surface area contributed by atoms with Gasteiger partial charge in [0.2, 0.25) is 12.7 Å². The van der Waals surface area contributed by atoms with E-state index in [2.05, 4.69) is 15.2 Å². The maximum atomic E-state index is 12.8. The molecule has 1 N–H and O–H groups in total. The van der Waals surface area contributed by atoms with E-state index in [0.29, 0.717) is 40.6 Å². The van der Waals surface area contributed by atoms with Gasteiger partial charge in [0, 0.05) is 36.8 Å². The summed E-state index contributed by atoms with van der Waals surface area (Å²) in [5, 5.41) is 3.51. The Balaban J connectivity index is 1.42. The first kappa shape index (κ1) is 18.6. The maximum absolute atomic E-state index is 12.8. The quantitative estimate of drug-likeness (QED) is 0.789. The standard InChI is InChI=1S/C20H20ClN3O4/c1-12(25)15-8-17-18(28-11-27-17)9-16(15)23-20(26)13-4-6-24(7-5-13)19-3-2-14(21)10-22-19/h2-3,8-10,13H,4-7,11H2,1H3,(H,23,26). The molecule has 0 saturated carbocycles. The van der Waals surface area contributed by atoms with E-state index in [1.807, 2.05) is 12.1 Å². The van der Waals surface area contributed by atoms with Crippen molar-refractivity contribution in [3.63, 3.8) is 0 Å². The topological polar surface area (TPSA) is 80.8 Å². The lowest BCUT2D eigenvalue weighted by molar-refractivity contribution is -0.120. The second-order valence-corrected chi connectivity index (χ2v) is 7.33. The van der Waals surface area contributed by atoms with Crippen LogP contribution in [0.2, 0.25) is 5.02 Å². The van der Waals surface area contributed by atoms with Crippen LogP contribution in [0.15, 0.2) is 30.5 Å². The minimum Gasteiger partial charge on any atom is -0.454 e. The van der Waals surface area contributed by atoms with Crippen LogP contribution >= 0.6 is 11.6 Å². The van der Waals surface area contributed by atoms with Gasteiger partial charge in [-0.2, -0.15) is 0 Å². The lowest BCUT2D eigenvalue weighted by Gasteiger charge is -2.32. The molecule has 0 atom stereocenters. The second-order valence-electron chi connectivity index (χ2n) is 6.89. The van der Waals surface area contributed by atoms with E-state index >= 15 is 0 Å². The van der Waals surface area contributed by atoms with Crippen molar-refractivity contribution < 1.29 is 19.1 Å². The smallest absolute Gasteiger partial charge is 0.231 e. The fourth-order valence-electron chi connectivity index (χ4n) is 3.50. The monoisotopic (exact) mass is 401 g/mol. The number of halogens is 1. The summed E-state index contributed by atoms with van der Waals surface area (Å²) >= 11 is 5.89. The van der Waals surface area contributed by atoms with E-state index < -0.39 is 0 Å². The lowest BCUT2D eigenvalue weighted by atomic mass is 9.95. The predicted molar refractivity (Wildman–Crippen MR) is 105 cm³/mol. The first-order chi connectivity index (χ1) is 13.5. The largest absolute Gasteiger partial charge is 0.454 e. The molecule has 2 aliphatic heterocycles. The highest BCUT2D eigenvalue weighted by Gasteiger charge is 2.27. The molecule has 3 heterocycles. The van der Waals surface area contributed by atoms with Crippen LogP contribution < -0.4 is 19.7 Å². The molecule has 7 nitrogen and oxygen atoms in total. The Morgan fingerprint density at radius 2 is 1.89 bits per heavy atom. The summed E-state index contributed by atoms with van der Waals surface area (Å²) in [6, 6.07) is 6.97. The second kappa shape index (κ2) is 7.67. The van der Waals surface area contributed by atoms with Gasteiger partial charge in [-0.1, -0.05) is 11.6 Å². The summed E-state index contributed by atoms with van der Waals surface area (Å²) in [5.41, 5.74) is 0.879. The number of hydrogen-bond acceptors (Lipinski definition) is 6. The summed E-state index contributed by atoms with van der Waals surface area (Å²) in [7, 11) is 0. The van der Waals surface area contributed by atoms with Gasteiger partial charge in [0.05, 0.1) is 10.7 Å². The summed E-state index contributed by atoms with van der Waals surface area (Å²) in [4.78, 5) is 31.2. The number of pyridine rings is 1. The number of nitrogens with zero attached hydrogens (tertiary/aromatic N) is 2. The number of fused-ring (bicyclic) bond motifs is 1. The fourth-order valence-corrected chi connectivity index (χ4v) is 3.61. The van der Waals surface area contributed by atoms with Crippen LogP contribution in [0.25, 0.3) is 0 Å². The van der Waals surface area contributed by atoms with Crippen molar-refractivity contribution >= 4 is 34.8 Å². The van der Waals surface area contributed by atoms with Crippen LogP contribution in [0, 0.1) is 5.92 Å². The van der Waals surface area contributed by atoms with Gasteiger partial charge in [-0.25, -0.2) is 4.98 Å². The van der Waals surface area contributed by atoms with Crippen LogP contribution in [-0.2, 0) is 4.79 Å². The third-order valence-corrected chi connectivity index (χ3v) is 5.28. The first-order valence-corrected chi connectivity index (χ1v) is 9.51. The number of benzene rings is 1. The maximum Gasteiger partial charge on any atom is 0.231 e. The highest BCUT2D eigenvalue weighted by molar-refractivity contribution is 6.30. The van der Waals surface area contributed by atoms with Crippen LogP contribution in [-0.4, -0.2) is 36.6 Å². The molecule has 0 radical (unpaired) electrons. The van der Waals surface area contributed by atoms with Crippen LogP contribution in [0.4, 0.5) is 11.5 Å². The number of ketones is 1. The molecule has 0 bridgehead atoms. The number of rotatable bonds is 4. The minimum atomic E-state index is -0.141. The fraction of sp³-hybridized carbons (Fsp3) is 0.350. The van der Waals surface area contributed by atoms with Gasteiger partial charge < -0.3 is 19.7 Å². The van der Waals surface area contributed by atoms with Crippen LogP contribution in [0.3, 0.4) is 0 Å². The highest BCUT2D eigenvalue weighted by Crippen LogP contribution is 2.37. The zero-order valence-corrected chi connectivity index (χ0v) is 16.2. The van der Waals surface area contributed by atoms with Gasteiger partial charge >= 0.3 is 0 Å². The van der Waals surface area contributed by atoms with Crippen LogP contribution in [0.1, 0.15) is 30.1 Å². The molecule has 4 rings (SSSR count). The van der Waals surface area contributed by atoms with Crippen molar-refractivity contribution in [1.29, 1.82) is 0 Å². The molecule has 146 valence electrons. The number of hydrogen-bond donors (Lipinski definition) is 1. The van der Waals surface area contributed by atoms with Gasteiger partial charge in [-0.05, 0) is 38.0 Å². The lowest BCUT2D eigenvalue weighted by Crippen LogP contribution is -2.38. The predicted octanol–water partition coefficient (Wildman–Crippen LogP) is 3.52. The number of aromatic nitrogens is 1. The zero-order valence-electron chi connectivity index (χ0n) is 15.4. The summed E-state index contributed by atoms with van der Waals surface area (Å²) in [6.45, 7) is 3.03. The molecule has 1 aromatic carbocycles. The number of piperidine rings is 1. The Hall–Kier alpha value is -2.80. The molecular formula is C20H20ClN3O4. The Morgan fingerprint density at radius 1 is 1.18 bits per heavy atom. The Morgan fingerprint density at radius 3 is 2.54 bits per heavy atom. The molecule has 1 aromatic heterocycles. The average molecular weight is 402 g/mol. The third-order valence-electron chi connectivity index (χ3n) is 5.05. The number of carbonyl (C=O) groups excluding carboxylic acids is 2. The van der Waals surface area contributed by atoms with Crippen molar-refractivity contribution in [2.45, 2.75) is 19.8 Å². The van der Waals surface area contributed by atoms with E-state index in [9.17, 15) is 9.59 Å². The number of carbonyl (C=O) groups is 2. The van der Waals surface area contributed by atoms with Gasteiger partial charge in [0.15, 0.2) is 17.3 Å². The van der Waals surface area contributed by atoms with E-state index in [0.717, 1.165) is 18.9 Å². The number of amides is 1. The van der Waals surface area contributed by atoms with Gasteiger partial charge in [-0.3, -0.25) is 9.59 Å². The Bertz CT molecular complexity index is 908. The van der Waals surface area contributed by atoms with Crippen molar-refractivity contribution in [2.24, 2.45) is 5.92 Å². The van der Waals surface area contributed by atoms with Crippen molar-refractivity contribution in [1.82, 2.24) is 4.98 Å². The highest BCUT2D eigenvalue weighted by atomic mass is 35.5. The number of ether oxygens (including phenoxy) is 2. The molecule has 1 saturated heterocycles. The third kappa shape index (κ3) is 3.75. The number of Topliss-reactive ketones (excluding diaryl/α,β-unsaturated/α-hetero) is 1. The SMILES string of the molecule is CC(=O)c1cc2c(cc1NC(=O)C1CCN(c3ccc(Cl)cn3)CC1)OCO2.